The highest BCUT2D eigenvalue weighted by Gasteiger charge is 2.31. The Balaban J connectivity index is 1.53. The second-order valence-corrected chi connectivity index (χ2v) is 11.1. The summed E-state index contributed by atoms with van der Waals surface area (Å²) < 4.78 is 30.6. The molecule has 1 aliphatic heterocycles. The molecule has 0 N–H and O–H groups in total. The molecule has 0 saturated carbocycles. The number of aryl methyl sites for hydroxylation is 1. The molecule has 1 unspecified atom stereocenters. The molecule has 166 valence electrons. The van der Waals surface area contributed by atoms with Gasteiger partial charge in [0, 0.05) is 31.0 Å². The fourth-order valence-electron chi connectivity index (χ4n) is 4.39. The number of benzene rings is 1. The summed E-state index contributed by atoms with van der Waals surface area (Å²) in [6.07, 6.45) is 2.74. The van der Waals surface area contributed by atoms with Crippen molar-refractivity contribution in [3.8, 4) is 11.3 Å². The van der Waals surface area contributed by atoms with Gasteiger partial charge in [0.2, 0.25) is 0 Å². The second kappa shape index (κ2) is 8.37. The van der Waals surface area contributed by atoms with Crippen molar-refractivity contribution in [2.24, 2.45) is 7.05 Å². The highest BCUT2D eigenvalue weighted by atomic mass is 32.2. The highest BCUT2D eigenvalue weighted by Crippen LogP contribution is 2.27. The molecule has 4 rings (SSSR count). The molecule has 3 aromatic rings. The van der Waals surface area contributed by atoms with Crippen LogP contribution in [0.25, 0.3) is 11.3 Å². The van der Waals surface area contributed by atoms with Gasteiger partial charge in [-0.25, -0.2) is 8.42 Å². The van der Waals surface area contributed by atoms with Crippen molar-refractivity contribution in [2.45, 2.75) is 39.5 Å². The van der Waals surface area contributed by atoms with Crippen LogP contribution in [0.2, 0.25) is 0 Å². The first kappa shape index (κ1) is 22.0. The maximum absolute atomic E-state index is 11.9. The largest absolute Gasteiger partial charge is 0.320 e. The summed E-state index contributed by atoms with van der Waals surface area (Å²) >= 11 is 5.67. The molecule has 9 heteroatoms. The summed E-state index contributed by atoms with van der Waals surface area (Å²) in [6.45, 7) is 5.41. The topological polar surface area (TPSA) is 65.1 Å². The van der Waals surface area contributed by atoms with E-state index in [1.807, 2.05) is 48.3 Å². The molecule has 0 aliphatic carbocycles. The van der Waals surface area contributed by atoms with E-state index in [-0.39, 0.29) is 17.5 Å². The van der Waals surface area contributed by atoms with Crippen molar-refractivity contribution in [3.63, 3.8) is 0 Å². The van der Waals surface area contributed by atoms with Crippen molar-refractivity contribution in [1.82, 2.24) is 23.8 Å². The molecule has 3 heterocycles. The SMILES string of the molecule is Cc1nn(C2CCS(=O)(=O)C2)c(C)c1CN(C)Cn1cc(-c2ccccc2)n(C)c1=S. The Hall–Kier alpha value is -2.23. The van der Waals surface area contributed by atoms with Crippen LogP contribution < -0.4 is 0 Å². The van der Waals surface area contributed by atoms with Crippen LogP contribution in [0.15, 0.2) is 36.5 Å². The molecule has 0 amide bonds. The van der Waals surface area contributed by atoms with Crippen LogP contribution in [0.3, 0.4) is 0 Å². The predicted molar refractivity (Wildman–Crippen MR) is 125 cm³/mol. The molecule has 0 radical (unpaired) electrons. The van der Waals surface area contributed by atoms with Gasteiger partial charge >= 0.3 is 0 Å². The predicted octanol–water partition coefficient (Wildman–Crippen LogP) is 3.49. The van der Waals surface area contributed by atoms with E-state index in [0.29, 0.717) is 19.6 Å². The van der Waals surface area contributed by atoms with Crippen molar-refractivity contribution >= 4 is 22.1 Å². The lowest BCUT2D eigenvalue weighted by atomic mass is 10.1. The number of aromatic nitrogens is 4. The molecule has 1 aliphatic rings. The lowest BCUT2D eigenvalue weighted by Crippen LogP contribution is -2.22. The number of rotatable bonds is 6. The van der Waals surface area contributed by atoms with E-state index in [2.05, 4.69) is 39.9 Å². The molecule has 1 saturated heterocycles. The summed E-state index contributed by atoms with van der Waals surface area (Å²) in [5.41, 5.74) is 5.37. The van der Waals surface area contributed by atoms with E-state index in [0.717, 1.165) is 33.0 Å². The Morgan fingerprint density at radius 1 is 1.23 bits per heavy atom. The van der Waals surface area contributed by atoms with E-state index < -0.39 is 9.84 Å². The molecule has 7 nitrogen and oxygen atoms in total. The number of nitrogens with zero attached hydrogens (tertiary/aromatic N) is 5. The first-order chi connectivity index (χ1) is 14.7. The molecular weight excluding hydrogens is 430 g/mol. The van der Waals surface area contributed by atoms with E-state index >= 15 is 0 Å². The zero-order valence-electron chi connectivity index (χ0n) is 18.4. The monoisotopic (exact) mass is 459 g/mol. The average molecular weight is 460 g/mol. The van der Waals surface area contributed by atoms with Gasteiger partial charge in [0.05, 0.1) is 35.6 Å². The lowest BCUT2D eigenvalue weighted by Gasteiger charge is -2.18. The zero-order valence-corrected chi connectivity index (χ0v) is 20.1. The normalized spacial score (nSPS) is 18.2. The summed E-state index contributed by atoms with van der Waals surface area (Å²) in [7, 11) is 1.11. The summed E-state index contributed by atoms with van der Waals surface area (Å²) in [5.74, 6) is 0.437. The number of imidazole rings is 1. The molecule has 0 spiro atoms. The van der Waals surface area contributed by atoms with Crippen LogP contribution in [-0.2, 0) is 30.1 Å². The van der Waals surface area contributed by atoms with Gasteiger partial charge in [-0.3, -0.25) is 9.58 Å². The Morgan fingerprint density at radius 3 is 2.58 bits per heavy atom. The fraction of sp³-hybridized carbons (Fsp3) is 0.455. The van der Waals surface area contributed by atoms with Gasteiger partial charge in [0.1, 0.15) is 0 Å². The number of sulfone groups is 1. The standard InChI is InChI=1S/C22H29N5O2S2/c1-16-20(17(2)27(23-16)19-10-11-31(28,29)14-19)12-24(3)15-26-13-21(25(4)22(26)30)18-8-6-5-7-9-18/h5-9,13,19H,10-12,14-15H2,1-4H3. The maximum atomic E-state index is 11.9. The Morgan fingerprint density at radius 2 is 1.94 bits per heavy atom. The summed E-state index contributed by atoms with van der Waals surface area (Å²) in [5, 5.41) is 4.69. The molecular formula is C22H29N5O2S2. The Kier molecular flexibility index (Phi) is 5.93. The lowest BCUT2D eigenvalue weighted by molar-refractivity contribution is 0.257. The van der Waals surface area contributed by atoms with E-state index in [9.17, 15) is 8.42 Å². The first-order valence-electron chi connectivity index (χ1n) is 10.4. The van der Waals surface area contributed by atoms with Crippen molar-refractivity contribution < 1.29 is 8.42 Å². The zero-order chi connectivity index (χ0) is 22.3. The average Bonchev–Trinajstić information content (AvgIpc) is 3.33. The molecule has 1 atom stereocenters. The van der Waals surface area contributed by atoms with E-state index in [1.165, 1.54) is 0 Å². The van der Waals surface area contributed by atoms with Crippen LogP contribution in [-0.4, -0.2) is 50.8 Å². The third kappa shape index (κ3) is 4.40. The number of hydrogen-bond donors (Lipinski definition) is 0. The van der Waals surface area contributed by atoms with Crippen molar-refractivity contribution in [2.75, 3.05) is 18.6 Å². The van der Waals surface area contributed by atoms with E-state index in [4.69, 9.17) is 12.2 Å². The van der Waals surface area contributed by atoms with Gasteiger partial charge < -0.3 is 9.13 Å². The van der Waals surface area contributed by atoms with Crippen LogP contribution in [0, 0.1) is 18.6 Å². The molecule has 0 bridgehead atoms. The van der Waals surface area contributed by atoms with Gasteiger partial charge in [-0.15, -0.1) is 0 Å². The smallest absolute Gasteiger partial charge is 0.181 e. The van der Waals surface area contributed by atoms with E-state index in [1.54, 1.807) is 0 Å². The Bertz CT molecular complexity index is 1260. The third-order valence-corrected chi connectivity index (χ3v) is 8.35. The minimum atomic E-state index is -2.95. The van der Waals surface area contributed by atoms with Gasteiger partial charge in [0.15, 0.2) is 14.6 Å². The fourth-order valence-corrected chi connectivity index (χ4v) is 6.29. The third-order valence-electron chi connectivity index (χ3n) is 6.09. The van der Waals surface area contributed by atoms with Crippen LogP contribution in [0.4, 0.5) is 0 Å². The minimum Gasteiger partial charge on any atom is -0.320 e. The van der Waals surface area contributed by atoms with Crippen molar-refractivity contribution in [1.29, 1.82) is 0 Å². The van der Waals surface area contributed by atoms with Gasteiger partial charge in [0.25, 0.3) is 0 Å². The molecule has 31 heavy (non-hydrogen) atoms. The van der Waals surface area contributed by atoms with Crippen LogP contribution in [0.5, 0.6) is 0 Å². The number of hydrogen-bond acceptors (Lipinski definition) is 5. The molecule has 1 aromatic carbocycles. The van der Waals surface area contributed by atoms with Crippen LogP contribution >= 0.6 is 12.2 Å². The molecule has 1 fully saturated rings. The summed E-state index contributed by atoms with van der Waals surface area (Å²) in [4.78, 5) is 2.21. The first-order valence-corrected chi connectivity index (χ1v) is 12.6. The van der Waals surface area contributed by atoms with Crippen LogP contribution in [0.1, 0.15) is 29.4 Å². The van der Waals surface area contributed by atoms with Gasteiger partial charge in [-0.2, -0.15) is 5.10 Å². The van der Waals surface area contributed by atoms with Gasteiger partial charge in [-0.1, -0.05) is 30.3 Å². The quantitative estimate of drug-likeness (QED) is 0.528. The minimum absolute atomic E-state index is 0.0565. The summed E-state index contributed by atoms with van der Waals surface area (Å²) in [6, 6.07) is 10.2. The maximum Gasteiger partial charge on any atom is 0.181 e. The second-order valence-electron chi connectivity index (χ2n) is 8.50. The Labute approximate surface area is 188 Å². The van der Waals surface area contributed by atoms with Crippen molar-refractivity contribution in [3.05, 3.63) is 58.3 Å². The molecule has 2 aromatic heterocycles. The highest BCUT2D eigenvalue weighted by molar-refractivity contribution is 7.91. The van der Waals surface area contributed by atoms with Gasteiger partial charge in [-0.05, 0) is 45.1 Å².